The Bertz CT molecular complexity index is 701. The first kappa shape index (κ1) is 15.5. The summed E-state index contributed by atoms with van der Waals surface area (Å²) in [6, 6.07) is 7.41. The van der Waals surface area contributed by atoms with Crippen LogP contribution in [0, 0.1) is 5.92 Å². The van der Waals surface area contributed by atoms with E-state index in [9.17, 15) is 4.79 Å². The number of benzene rings is 1. The SMILES string of the molecule is CCOC(=O)c1cccc(NC2=NCCC3=CC=C(C)CC32)c1. The number of ether oxygens (including phenoxy) is 1. The Morgan fingerprint density at radius 2 is 2.26 bits per heavy atom. The van der Waals surface area contributed by atoms with Crippen LogP contribution in [0.5, 0.6) is 0 Å². The van der Waals surface area contributed by atoms with Gasteiger partial charge in [-0.15, -0.1) is 0 Å². The third-order valence-corrected chi connectivity index (χ3v) is 4.21. The Kier molecular flexibility index (Phi) is 4.60. The van der Waals surface area contributed by atoms with Crippen LogP contribution < -0.4 is 5.32 Å². The molecule has 4 heteroatoms. The van der Waals surface area contributed by atoms with E-state index < -0.39 is 0 Å². The van der Waals surface area contributed by atoms with Crippen molar-refractivity contribution >= 4 is 17.5 Å². The van der Waals surface area contributed by atoms with E-state index in [2.05, 4.69) is 29.4 Å². The number of hydrogen-bond donors (Lipinski definition) is 1. The van der Waals surface area contributed by atoms with Crippen LogP contribution in [0.25, 0.3) is 0 Å². The highest BCUT2D eigenvalue weighted by Gasteiger charge is 2.26. The molecule has 2 aliphatic rings. The highest BCUT2D eigenvalue weighted by molar-refractivity contribution is 6.01. The van der Waals surface area contributed by atoms with Crippen LogP contribution in [-0.4, -0.2) is 25.0 Å². The van der Waals surface area contributed by atoms with E-state index in [1.807, 2.05) is 25.1 Å². The van der Waals surface area contributed by atoms with Crippen LogP contribution in [0.1, 0.15) is 37.0 Å². The molecule has 4 nitrogen and oxygen atoms in total. The van der Waals surface area contributed by atoms with Crippen molar-refractivity contribution in [1.29, 1.82) is 0 Å². The van der Waals surface area contributed by atoms with Gasteiger partial charge in [-0.25, -0.2) is 4.79 Å². The fourth-order valence-electron chi connectivity index (χ4n) is 3.04. The molecule has 3 rings (SSSR count). The highest BCUT2D eigenvalue weighted by atomic mass is 16.5. The van der Waals surface area contributed by atoms with Gasteiger partial charge in [-0.1, -0.05) is 29.4 Å². The number of nitrogens with zero attached hydrogens (tertiary/aromatic N) is 1. The number of allylic oxidation sites excluding steroid dienone is 3. The maximum absolute atomic E-state index is 11.9. The number of carbonyl (C=O) groups excluding carboxylic acids is 1. The normalized spacial score (nSPS) is 19.9. The molecule has 1 aliphatic heterocycles. The summed E-state index contributed by atoms with van der Waals surface area (Å²) in [4.78, 5) is 16.5. The van der Waals surface area contributed by atoms with Crippen LogP contribution in [0.4, 0.5) is 5.69 Å². The minimum atomic E-state index is -0.293. The number of aliphatic imine (C=N–C) groups is 1. The molecule has 1 atom stereocenters. The molecule has 0 amide bonds. The molecule has 1 aromatic rings. The molecule has 0 spiro atoms. The van der Waals surface area contributed by atoms with Gasteiger partial charge in [0, 0.05) is 18.2 Å². The first-order valence-electron chi connectivity index (χ1n) is 8.12. The van der Waals surface area contributed by atoms with Crippen molar-refractivity contribution in [3.05, 3.63) is 53.1 Å². The standard InChI is InChI=1S/C19H22N2O2/c1-3-23-19(22)15-5-4-6-16(12-15)21-18-17-11-13(2)7-8-14(17)9-10-20-18/h4-8,12,17H,3,9-11H2,1-2H3,(H,20,21). The maximum Gasteiger partial charge on any atom is 0.338 e. The van der Waals surface area contributed by atoms with Gasteiger partial charge in [0.15, 0.2) is 0 Å². The largest absolute Gasteiger partial charge is 0.462 e. The summed E-state index contributed by atoms with van der Waals surface area (Å²) < 4.78 is 5.06. The minimum Gasteiger partial charge on any atom is -0.462 e. The lowest BCUT2D eigenvalue weighted by Crippen LogP contribution is -2.30. The molecule has 0 saturated heterocycles. The molecule has 1 unspecified atom stereocenters. The number of rotatable bonds is 3. The predicted molar refractivity (Wildman–Crippen MR) is 92.9 cm³/mol. The Balaban J connectivity index is 1.78. The number of hydrogen-bond acceptors (Lipinski definition) is 4. The molecule has 0 radical (unpaired) electrons. The van der Waals surface area contributed by atoms with Crippen LogP contribution in [0.3, 0.4) is 0 Å². The summed E-state index contributed by atoms with van der Waals surface area (Å²) in [5.74, 6) is 1.04. The molecule has 0 saturated carbocycles. The zero-order chi connectivity index (χ0) is 16.2. The van der Waals surface area contributed by atoms with Crippen molar-refractivity contribution in [3.8, 4) is 0 Å². The zero-order valence-corrected chi connectivity index (χ0v) is 13.6. The van der Waals surface area contributed by atoms with Gasteiger partial charge in [0.05, 0.1) is 12.2 Å². The summed E-state index contributed by atoms with van der Waals surface area (Å²) in [6.07, 6.45) is 6.47. The molecule has 120 valence electrons. The van der Waals surface area contributed by atoms with Crippen LogP contribution in [0.15, 0.2) is 52.6 Å². The van der Waals surface area contributed by atoms with Gasteiger partial charge >= 0.3 is 5.97 Å². The van der Waals surface area contributed by atoms with Crippen molar-refractivity contribution in [3.63, 3.8) is 0 Å². The second kappa shape index (κ2) is 6.82. The highest BCUT2D eigenvalue weighted by Crippen LogP contribution is 2.32. The molecular weight excluding hydrogens is 288 g/mol. The Labute approximate surface area is 137 Å². The molecule has 1 N–H and O–H groups in total. The van der Waals surface area contributed by atoms with Gasteiger partial charge in [0.1, 0.15) is 5.84 Å². The molecule has 23 heavy (non-hydrogen) atoms. The van der Waals surface area contributed by atoms with E-state index in [1.165, 1.54) is 11.1 Å². The van der Waals surface area contributed by atoms with Gasteiger partial charge in [-0.2, -0.15) is 0 Å². The van der Waals surface area contributed by atoms with E-state index in [0.29, 0.717) is 18.1 Å². The number of nitrogens with one attached hydrogen (secondary N) is 1. The number of esters is 1. The van der Waals surface area contributed by atoms with E-state index in [4.69, 9.17) is 4.74 Å². The van der Waals surface area contributed by atoms with Gasteiger partial charge in [-0.05, 0) is 44.9 Å². The molecule has 0 aromatic heterocycles. The third-order valence-electron chi connectivity index (χ3n) is 4.21. The van der Waals surface area contributed by atoms with Crippen molar-refractivity contribution in [2.75, 3.05) is 18.5 Å². The average molecular weight is 310 g/mol. The lowest BCUT2D eigenvalue weighted by Gasteiger charge is -2.29. The predicted octanol–water partition coefficient (Wildman–Crippen LogP) is 3.97. The van der Waals surface area contributed by atoms with Crippen molar-refractivity contribution in [2.24, 2.45) is 10.9 Å². The van der Waals surface area contributed by atoms with E-state index in [0.717, 1.165) is 30.9 Å². The summed E-state index contributed by atoms with van der Waals surface area (Å²) in [5, 5.41) is 3.41. The monoisotopic (exact) mass is 310 g/mol. The molecule has 1 aromatic carbocycles. The van der Waals surface area contributed by atoms with Crippen LogP contribution in [-0.2, 0) is 4.74 Å². The molecule has 1 aliphatic carbocycles. The Hall–Kier alpha value is -2.36. The van der Waals surface area contributed by atoms with Gasteiger partial charge in [-0.3, -0.25) is 4.99 Å². The smallest absolute Gasteiger partial charge is 0.338 e. The topological polar surface area (TPSA) is 50.7 Å². The molecular formula is C19H22N2O2. The van der Waals surface area contributed by atoms with Crippen molar-refractivity contribution in [2.45, 2.75) is 26.7 Å². The molecule has 1 heterocycles. The third kappa shape index (κ3) is 3.52. The van der Waals surface area contributed by atoms with Crippen molar-refractivity contribution < 1.29 is 9.53 Å². The maximum atomic E-state index is 11.9. The van der Waals surface area contributed by atoms with E-state index >= 15 is 0 Å². The summed E-state index contributed by atoms with van der Waals surface area (Å²) in [6.45, 7) is 5.16. The lowest BCUT2D eigenvalue weighted by atomic mass is 9.83. The zero-order valence-electron chi connectivity index (χ0n) is 13.6. The van der Waals surface area contributed by atoms with E-state index in [1.54, 1.807) is 6.07 Å². The lowest BCUT2D eigenvalue weighted by molar-refractivity contribution is 0.0526. The Morgan fingerprint density at radius 1 is 1.39 bits per heavy atom. The average Bonchev–Trinajstić information content (AvgIpc) is 2.56. The van der Waals surface area contributed by atoms with Gasteiger partial charge in [0.2, 0.25) is 0 Å². The number of fused-ring (bicyclic) bond motifs is 1. The fraction of sp³-hybridized carbons (Fsp3) is 0.368. The van der Waals surface area contributed by atoms with Crippen LogP contribution in [0.2, 0.25) is 0 Å². The van der Waals surface area contributed by atoms with Gasteiger partial charge < -0.3 is 10.1 Å². The van der Waals surface area contributed by atoms with Crippen molar-refractivity contribution in [1.82, 2.24) is 0 Å². The second-order valence-electron chi connectivity index (χ2n) is 5.95. The van der Waals surface area contributed by atoms with E-state index in [-0.39, 0.29) is 5.97 Å². The van der Waals surface area contributed by atoms with Gasteiger partial charge in [0.25, 0.3) is 0 Å². The fourth-order valence-corrected chi connectivity index (χ4v) is 3.04. The Morgan fingerprint density at radius 3 is 3.09 bits per heavy atom. The number of anilines is 1. The number of carbonyl (C=O) groups is 1. The van der Waals surface area contributed by atoms with Crippen LogP contribution >= 0.6 is 0 Å². The number of amidine groups is 1. The molecule has 0 bridgehead atoms. The minimum absolute atomic E-state index is 0.293. The first-order chi connectivity index (χ1) is 11.2. The summed E-state index contributed by atoms with van der Waals surface area (Å²) in [5.41, 5.74) is 4.25. The second-order valence-corrected chi connectivity index (χ2v) is 5.95. The summed E-state index contributed by atoms with van der Waals surface area (Å²) >= 11 is 0. The quantitative estimate of drug-likeness (QED) is 0.859. The first-order valence-corrected chi connectivity index (χ1v) is 8.12. The summed E-state index contributed by atoms with van der Waals surface area (Å²) in [7, 11) is 0. The molecule has 0 fully saturated rings.